The molecule has 1 N–H and O–H groups in total. The first-order valence-corrected chi connectivity index (χ1v) is 7.31. The summed E-state index contributed by atoms with van der Waals surface area (Å²) in [5.41, 5.74) is -0.537. The number of H-pyrrole nitrogens is 1. The first-order chi connectivity index (χ1) is 11.2. The number of alkyl halides is 3. The van der Waals surface area contributed by atoms with E-state index in [0.29, 0.717) is 30.6 Å². The summed E-state index contributed by atoms with van der Waals surface area (Å²) in [5, 5.41) is 0. The Bertz CT molecular complexity index is 824. The van der Waals surface area contributed by atoms with Crippen LogP contribution in [0.25, 0.3) is 0 Å². The average Bonchev–Trinajstić information content (AvgIpc) is 2.51. The molecule has 1 aromatic carbocycles. The Morgan fingerprint density at radius 1 is 1.25 bits per heavy atom. The standard InChI is InChI=1S/C16H18F3N3O2/c1-21(7-6-12-9-20-15(24)22(2)14(12)23)10-11-4-3-5-13(8-11)16(17,18)19/h3-5,8-9H,6-7,10H2,1-2H3,(H,20,24). The van der Waals surface area contributed by atoms with Crippen LogP contribution in [0, 0.1) is 0 Å². The monoisotopic (exact) mass is 341 g/mol. The third-order valence-electron chi connectivity index (χ3n) is 3.72. The number of nitrogens with zero attached hydrogens (tertiary/aromatic N) is 2. The van der Waals surface area contributed by atoms with Crippen molar-refractivity contribution >= 4 is 0 Å². The molecule has 5 nitrogen and oxygen atoms in total. The van der Waals surface area contributed by atoms with Gasteiger partial charge in [0.05, 0.1) is 5.56 Å². The van der Waals surface area contributed by atoms with Crippen molar-refractivity contribution in [3.8, 4) is 0 Å². The molecule has 24 heavy (non-hydrogen) atoms. The molecule has 0 aliphatic rings. The van der Waals surface area contributed by atoms with Crippen molar-refractivity contribution in [3.05, 3.63) is 68.0 Å². The number of aromatic nitrogens is 2. The van der Waals surface area contributed by atoms with E-state index in [-0.39, 0.29) is 5.56 Å². The predicted octanol–water partition coefficient (Wildman–Crippen LogP) is 1.77. The van der Waals surface area contributed by atoms with Gasteiger partial charge in [-0.2, -0.15) is 13.2 Å². The van der Waals surface area contributed by atoms with Crippen molar-refractivity contribution in [1.29, 1.82) is 0 Å². The Hall–Kier alpha value is -2.35. The Balaban J connectivity index is 2.02. The van der Waals surface area contributed by atoms with E-state index in [2.05, 4.69) is 4.98 Å². The van der Waals surface area contributed by atoms with Crippen molar-refractivity contribution < 1.29 is 13.2 Å². The van der Waals surface area contributed by atoms with Gasteiger partial charge in [0.15, 0.2) is 0 Å². The van der Waals surface area contributed by atoms with Crippen LogP contribution in [0.2, 0.25) is 0 Å². The van der Waals surface area contributed by atoms with E-state index in [1.165, 1.54) is 19.3 Å². The van der Waals surface area contributed by atoms with Gasteiger partial charge < -0.3 is 9.88 Å². The molecule has 2 rings (SSSR count). The van der Waals surface area contributed by atoms with Crippen LogP contribution in [0.5, 0.6) is 0 Å². The molecule has 130 valence electrons. The fraction of sp³-hybridized carbons (Fsp3) is 0.375. The number of nitrogens with one attached hydrogen (secondary N) is 1. The second-order valence-electron chi connectivity index (χ2n) is 5.67. The summed E-state index contributed by atoms with van der Waals surface area (Å²) in [4.78, 5) is 27.5. The summed E-state index contributed by atoms with van der Waals surface area (Å²) in [5.74, 6) is 0. The molecule has 0 bridgehead atoms. The highest BCUT2D eigenvalue weighted by molar-refractivity contribution is 5.25. The minimum Gasteiger partial charge on any atom is -0.314 e. The minimum absolute atomic E-state index is 0.327. The maximum Gasteiger partial charge on any atom is 0.416 e. The van der Waals surface area contributed by atoms with Crippen LogP contribution in [0.4, 0.5) is 13.2 Å². The summed E-state index contributed by atoms with van der Waals surface area (Å²) in [7, 11) is 3.15. The minimum atomic E-state index is -4.36. The lowest BCUT2D eigenvalue weighted by Crippen LogP contribution is -2.35. The van der Waals surface area contributed by atoms with Gasteiger partial charge in [-0.15, -0.1) is 0 Å². The van der Waals surface area contributed by atoms with Crippen LogP contribution in [0.15, 0.2) is 40.1 Å². The summed E-state index contributed by atoms with van der Waals surface area (Å²) in [6.07, 6.45) is -2.60. The molecular formula is C16H18F3N3O2. The molecule has 8 heteroatoms. The number of hydrogen-bond acceptors (Lipinski definition) is 3. The van der Waals surface area contributed by atoms with Crippen LogP contribution in [0.1, 0.15) is 16.7 Å². The summed E-state index contributed by atoms with van der Waals surface area (Å²) in [6.45, 7) is 0.797. The maximum absolute atomic E-state index is 12.7. The van der Waals surface area contributed by atoms with E-state index in [9.17, 15) is 22.8 Å². The van der Waals surface area contributed by atoms with Gasteiger partial charge in [-0.05, 0) is 25.1 Å². The third kappa shape index (κ3) is 4.35. The summed E-state index contributed by atoms with van der Waals surface area (Å²) >= 11 is 0. The molecule has 0 spiro atoms. The SMILES string of the molecule is CN(CCc1c[nH]c(=O)n(C)c1=O)Cc1cccc(C(F)(F)F)c1. The molecule has 0 aliphatic heterocycles. The van der Waals surface area contributed by atoms with Crippen molar-refractivity contribution in [2.45, 2.75) is 19.1 Å². The van der Waals surface area contributed by atoms with E-state index in [4.69, 9.17) is 0 Å². The lowest BCUT2D eigenvalue weighted by Gasteiger charge is -2.17. The number of likely N-dealkylation sites (N-methyl/N-ethyl adjacent to an activating group) is 1. The molecule has 0 unspecified atom stereocenters. The number of hydrogen-bond donors (Lipinski definition) is 1. The Kier molecular flexibility index (Phi) is 5.28. The maximum atomic E-state index is 12.7. The van der Waals surface area contributed by atoms with E-state index in [1.54, 1.807) is 13.1 Å². The zero-order valence-corrected chi connectivity index (χ0v) is 13.4. The van der Waals surface area contributed by atoms with Gasteiger partial charge in [-0.3, -0.25) is 9.36 Å². The smallest absolute Gasteiger partial charge is 0.314 e. The Morgan fingerprint density at radius 2 is 1.96 bits per heavy atom. The zero-order chi connectivity index (χ0) is 17.9. The van der Waals surface area contributed by atoms with Gasteiger partial charge in [0.1, 0.15) is 0 Å². The molecule has 0 aliphatic carbocycles. The van der Waals surface area contributed by atoms with Gasteiger partial charge in [0.2, 0.25) is 0 Å². The number of halogens is 3. The first kappa shape index (κ1) is 18.0. The second kappa shape index (κ2) is 7.04. The van der Waals surface area contributed by atoms with Crippen LogP contribution >= 0.6 is 0 Å². The fourth-order valence-corrected chi connectivity index (χ4v) is 2.34. The van der Waals surface area contributed by atoms with Gasteiger partial charge >= 0.3 is 11.9 Å². The van der Waals surface area contributed by atoms with Gasteiger partial charge in [-0.25, -0.2) is 4.79 Å². The molecule has 0 amide bonds. The first-order valence-electron chi connectivity index (χ1n) is 7.31. The van der Waals surface area contributed by atoms with Crippen molar-refractivity contribution in [2.75, 3.05) is 13.6 Å². The topological polar surface area (TPSA) is 58.1 Å². The van der Waals surface area contributed by atoms with E-state index < -0.39 is 17.4 Å². The van der Waals surface area contributed by atoms with Gasteiger partial charge in [0.25, 0.3) is 5.56 Å². The fourth-order valence-electron chi connectivity index (χ4n) is 2.34. The molecule has 2 aromatic rings. The lowest BCUT2D eigenvalue weighted by atomic mass is 10.1. The van der Waals surface area contributed by atoms with Crippen molar-refractivity contribution in [2.24, 2.45) is 7.05 Å². The predicted molar refractivity (Wildman–Crippen MR) is 83.8 cm³/mol. The van der Waals surface area contributed by atoms with Gasteiger partial charge in [-0.1, -0.05) is 18.2 Å². The normalized spacial score (nSPS) is 11.9. The summed E-state index contributed by atoms with van der Waals surface area (Å²) in [6, 6.07) is 5.16. The highest BCUT2D eigenvalue weighted by Gasteiger charge is 2.30. The van der Waals surface area contributed by atoms with Crippen molar-refractivity contribution in [1.82, 2.24) is 14.5 Å². The molecule has 0 saturated heterocycles. The molecule has 1 heterocycles. The quantitative estimate of drug-likeness (QED) is 0.902. The highest BCUT2D eigenvalue weighted by atomic mass is 19.4. The van der Waals surface area contributed by atoms with Gasteiger partial charge in [0, 0.05) is 31.9 Å². The van der Waals surface area contributed by atoms with Crippen LogP contribution in [-0.4, -0.2) is 28.0 Å². The average molecular weight is 341 g/mol. The lowest BCUT2D eigenvalue weighted by molar-refractivity contribution is -0.137. The van der Waals surface area contributed by atoms with Crippen molar-refractivity contribution in [3.63, 3.8) is 0 Å². The zero-order valence-electron chi connectivity index (χ0n) is 13.4. The van der Waals surface area contributed by atoms with Crippen LogP contribution in [0.3, 0.4) is 0 Å². The number of benzene rings is 1. The Labute approximate surface area is 136 Å². The number of rotatable bonds is 5. The molecule has 0 fully saturated rings. The molecule has 1 aromatic heterocycles. The number of aromatic amines is 1. The van der Waals surface area contributed by atoms with E-state index in [1.807, 2.05) is 4.90 Å². The molecule has 0 radical (unpaired) electrons. The summed E-state index contributed by atoms with van der Waals surface area (Å²) < 4.78 is 39.1. The molecule has 0 saturated carbocycles. The highest BCUT2D eigenvalue weighted by Crippen LogP contribution is 2.29. The van der Waals surface area contributed by atoms with Crippen LogP contribution < -0.4 is 11.2 Å². The second-order valence-corrected chi connectivity index (χ2v) is 5.67. The van der Waals surface area contributed by atoms with E-state index in [0.717, 1.165) is 16.7 Å². The Morgan fingerprint density at radius 3 is 2.62 bits per heavy atom. The third-order valence-corrected chi connectivity index (χ3v) is 3.72. The molecular weight excluding hydrogens is 323 g/mol. The molecule has 0 atom stereocenters. The van der Waals surface area contributed by atoms with E-state index >= 15 is 0 Å². The largest absolute Gasteiger partial charge is 0.416 e. The van der Waals surface area contributed by atoms with Crippen LogP contribution in [-0.2, 0) is 26.2 Å².